The van der Waals surface area contributed by atoms with Crippen molar-refractivity contribution in [2.24, 2.45) is 0 Å². The van der Waals surface area contributed by atoms with Gasteiger partial charge in [0.1, 0.15) is 5.82 Å². The smallest absolute Gasteiger partial charge is 0.148 e. The summed E-state index contributed by atoms with van der Waals surface area (Å²) < 4.78 is 0. The number of aryl methyl sites for hydroxylation is 1. The molecule has 0 atom stereocenters. The van der Waals surface area contributed by atoms with Gasteiger partial charge in [-0.05, 0) is 32.0 Å². The van der Waals surface area contributed by atoms with Crippen molar-refractivity contribution < 1.29 is 0 Å². The van der Waals surface area contributed by atoms with Crippen LogP contribution in [-0.2, 0) is 0 Å². The summed E-state index contributed by atoms with van der Waals surface area (Å²) in [6, 6.07) is 7.95. The Balaban J connectivity index is 2.01. The van der Waals surface area contributed by atoms with E-state index in [9.17, 15) is 0 Å². The monoisotopic (exact) mass is 244 g/mol. The molecule has 4 nitrogen and oxygen atoms in total. The van der Waals surface area contributed by atoms with E-state index in [1.54, 1.807) is 0 Å². The highest BCUT2D eigenvalue weighted by Crippen LogP contribution is 2.15. The molecule has 2 aromatic rings. The summed E-state index contributed by atoms with van der Waals surface area (Å²) in [5.74, 6) is 0.881. The Morgan fingerprint density at radius 3 is 2.44 bits per heavy atom. The van der Waals surface area contributed by atoms with E-state index in [0.29, 0.717) is 0 Å². The topological polar surface area (TPSA) is 49.8 Å². The van der Waals surface area contributed by atoms with Gasteiger partial charge >= 0.3 is 0 Å². The van der Waals surface area contributed by atoms with Crippen LogP contribution >= 0.6 is 0 Å². The zero-order valence-electron chi connectivity index (χ0n) is 11.0. The Morgan fingerprint density at radius 1 is 1.00 bits per heavy atom. The number of hydrogen-bond acceptors (Lipinski definition) is 4. The Kier molecular flexibility index (Phi) is 4.47. The number of aromatic nitrogens is 2. The Bertz CT molecular complexity index is 510. The van der Waals surface area contributed by atoms with Crippen molar-refractivity contribution in [2.45, 2.75) is 20.3 Å². The highest BCUT2D eigenvalue weighted by molar-refractivity contribution is 5.76. The molecule has 96 valence electrons. The number of para-hydroxylation sites is 2. The van der Waals surface area contributed by atoms with E-state index in [1.807, 2.05) is 31.2 Å². The minimum absolute atomic E-state index is 0.869. The molecule has 2 rings (SSSR count). The lowest BCUT2D eigenvalue weighted by Gasteiger charge is -2.09. The van der Waals surface area contributed by atoms with Crippen molar-refractivity contribution in [3.05, 3.63) is 30.0 Å². The van der Waals surface area contributed by atoms with E-state index in [4.69, 9.17) is 0 Å². The first-order valence-electron chi connectivity index (χ1n) is 6.49. The first kappa shape index (κ1) is 12.8. The molecule has 1 aromatic carbocycles. The number of rotatable bonds is 6. The molecule has 0 aliphatic rings. The summed E-state index contributed by atoms with van der Waals surface area (Å²) in [6.07, 6.45) is 1.16. The van der Waals surface area contributed by atoms with E-state index in [2.05, 4.69) is 27.5 Å². The lowest BCUT2D eigenvalue weighted by Crippen LogP contribution is -2.23. The molecule has 0 fully saturated rings. The van der Waals surface area contributed by atoms with Crippen molar-refractivity contribution in [1.29, 1.82) is 0 Å². The predicted octanol–water partition coefficient (Wildman–Crippen LogP) is 2.35. The van der Waals surface area contributed by atoms with Gasteiger partial charge in [-0.2, -0.15) is 0 Å². The van der Waals surface area contributed by atoms with E-state index in [1.165, 1.54) is 0 Å². The van der Waals surface area contributed by atoms with Crippen LogP contribution in [0.1, 0.15) is 19.0 Å². The number of anilines is 1. The summed E-state index contributed by atoms with van der Waals surface area (Å²) in [5.41, 5.74) is 2.83. The summed E-state index contributed by atoms with van der Waals surface area (Å²) in [7, 11) is 0. The molecule has 0 amide bonds. The first-order chi connectivity index (χ1) is 8.81. The van der Waals surface area contributed by atoms with Gasteiger partial charge in [0.25, 0.3) is 0 Å². The van der Waals surface area contributed by atoms with Crippen LogP contribution in [0.15, 0.2) is 24.3 Å². The molecule has 0 unspecified atom stereocenters. The molecule has 18 heavy (non-hydrogen) atoms. The number of nitrogens with zero attached hydrogens (tertiary/aromatic N) is 2. The van der Waals surface area contributed by atoms with Crippen molar-refractivity contribution in [2.75, 3.05) is 25.0 Å². The minimum atomic E-state index is 0.869. The SMILES string of the molecule is CCCNCCNc1nc2ccccc2nc1C. The Hall–Kier alpha value is -1.68. The lowest BCUT2D eigenvalue weighted by molar-refractivity contribution is 0.687. The third-order valence-corrected chi connectivity index (χ3v) is 2.77. The zero-order valence-corrected chi connectivity index (χ0v) is 11.0. The fourth-order valence-corrected chi connectivity index (χ4v) is 1.83. The van der Waals surface area contributed by atoms with Crippen LogP contribution in [0.2, 0.25) is 0 Å². The fourth-order valence-electron chi connectivity index (χ4n) is 1.83. The first-order valence-corrected chi connectivity index (χ1v) is 6.49. The molecule has 1 heterocycles. The van der Waals surface area contributed by atoms with Crippen LogP contribution in [0.5, 0.6) is 0 Å². The molecule has 0 aliphatic carbocycles. The standard InChI is InChI=1S/C14H20N4/c1-3-8-15-9-10-16-14-11(2)17-12-6-4-5-7-13(12)18-14/h4-7,15H,3,8-10H2,1-2H3,(H,16,18). The second-order valence-electron chi connectivity index (χ2n) is 4.32. The van der Waals surface area contributed by atoms with Crippen molar-refractivity contribution >= 4 is 16.9 Å². The van der Waals surface area contributed by atoms with Gasteiger partial charge in [0.2, 0.25) is 0 Å². The fraction of sp³-hybridized carbons (Fsp3) is 0.429. The Labute approximate surface area is 108 Å². The maximum atomic E-state index is 4.59. The van der Waals surface area contributed by atoms with Gasteiger partial charge in [-0.25, -0.2) is 9.97 Å². The number of fused-ring (bicyclic) bond motifs is 1. The van der Waals surface area contributed by atoms with Crippen LogP contribution < -0.4 is 10.6 Å². The highest BCUT2D eigenvalue weighted by Gasteiger charge is 2.03. The molecule has 1 aromatic heterocycles. The highest BCUT2D eigenvalue weighted by atomic mass is 15.0. The molecule has 4 heteroatoms. The van der Waals surface area contributed by atoms with E-state index in [-0.39, 0.29) is 0 Å². The van der Waals surface area contributed by atoms with Gasteiger partial charge in [-0.1, -0.05) is 19.1 Å². The summed E-state index contributed by atoms with van der Waals surface area (Å²) >= 11 is 0. The molecule has 0 saturated heterocycles. The second-order valence-corrected chi connectivity index (χ2v) is 4.32. The maximum Gasteiger partial charge on any atom is 0.148 e. The predicted molar refractivity (Wildman–Crippen MR) is 75.9 cm³/mol. The quantitative estimate of drug-likeness (QED) is 0.766. The molecule has 0 bridgehead atoms. The molecule has 0 spiro atoms. The van der Waals surface area contributed by atoms with Crippen LogP contribution in [0.4, 0.5) is 5.82 Å². The summed E-state index contributed by atoms with van der Waals surface area (Å²) in [5, 5.41) is 6.68. The normalized spacial score (nSPS) is 10.8. The lowest BCUT2D eigenvalue weighted by atomic mass is 10.3. The van der Waals surface area contributed by atoms with Gasteiger partial charge < -0.3 is 10.6 Å². The second kappa shape index (κ2) is 6.31. The van der Waals surface area contributed by atoms with Gasteiger partial charge in [-0.3, -0.25) is 0 Å². The summed E-state index contributed by atoms with van der Waals surface area (Å²) in [4.78, 5) is 9.14. The number of benzene rings is 1. The van der Waals surface area contributed by atoms with E-state index in [0.717, 1.165) is 48.6 Å². The van der Waals surface area contributed by atoms with Crippen molar-refractivity contribution in [3.8, 4) is 0 Å². The average Bonchev–Trinajstić information content (AvgIpc) is 2.39. The molecule has 0 saturated carbocycles. The maximum absolute atomic E-state index is 4.59. The van der Waals surface area contributed by atoms with Gasteiger partial charge in [0, 0.05) is 13.1 Å². The van der Waals surface area contributed by atoms with Crippen LogP contribution in [-0.4, -0.2) is 29.6 Å². The molecule has 0 aliphatic heterocycles. The minimum Gasteiger partial charge on any atom is -0.367 e. The average molecular weight is 244 g/mol. The molecule has 2 N–H and O–H groups in total. The molecular weight excluding hydrogens is 224 g/mol. The molecular formula is C14H20N4. The third-order valence-electron chi connectivity index (χ3n) is 2.77. The van der Waals surface area contributed by atoms with Gasteiger partial charge in [0.15, 0.2) is 0 Å². The van der Waals surface area contributed by atoms with Gasteiger partial charge in [0.05, 0.1) is 16.7 Å². The van der Waals surface area contributed by atoms with Crippen molar-refractivity contribution in [1.82, 2.24) is 15.3 Å². The number of hydrogen-bond donors (Lipinski definition) is 2. The van der Waals surface area contributed by atoms with Gasteiger partial charge in [-0.15, -0.1) is 0 Å². The van der Waals surface area contributed by atoms with Crippen LogP contribution in [0.3, 0.4) is 0 Å². The Morgan fingerprint density at radius 2 is 1.72 bits per heavy atom. The van der Waals surface area contributed by atoms with E-state index >= 15 is 0 Å². The van der Waals surface area contributed by atoms with Crippen LogP contribution in [0.25, 0.3) is 11.0 Å². The third kappa shape index (κ3) is 3.17. The van der Waals surface area contributed by atoms with E-state index < -0.39 is 0 Å². The van der Waals surface area contributed by atoms with Crippen LogP contribution in [0, 0.1) is 6.92 Å². The zero-order chi connectivity index (χ0) is 12.8. The summed E-state index contributed by atoms with van der Waals surface area (Å²) in [6.45, 7) is 7.03. The van der Waals surface area contributed by atoms with Crippen molar-refractivity contribution in [3.63, 3.8) is 0 Å². The molecule has 0 radical (unpaired) electrons. The number of nitrogens with one attached hydrogen (secondary N) is 2. The largest absolute Gasteiger partial charge is 0.367 e.